The summed E-state index contributed by atoms with van der Waals surface area (Å²) >= 11 is 13.9. The van der Waals surface area contributed by atoms with Crippen LogP contribution in [0.2, 0.25) is 10.0 Å². The molecule has 0 spiro atoms. The molecule has 10 heteroatoms. The van der Waals surface area contributed by atoms with Gasteiger partial charge in [-0.2, -0.15) is 0 Å². The molecule has 3 aromatic rings. The van der Waals surface area contributed by atoms with Crippen molar-refractivity contribution in [2.24, 2.45) is 5.92 Å². The van der Waals surface area contributed by atoms with Crippen molar-refractivity contribution < 1.29 is 24.0 Å². The van der Waals surface area contributed by atoms with E-state index >= 15 is 0 Å². The molecule has 2 fully saturated rings. The number of imide groups is 1. The van der Waals surface area contributed by atoms with Gasteiger partial charge in [-0.25, -0.2) is 14.8 Å². The third-order valence-corrected chi connectivity index (χ3v) is 8.21. The largest absolute Gasteiger partial charge is 0.462 e. The molecule has 0 aliphatic carbocycles. The van der Waals surface area contributed by atoms with Crippen LogP contribution in [0.1, 0.15) is 39.3 Å². The molecule has 0 bridgehead atoms. The summed E-state index contributed by atoms with van der Waals surface area (Å²) in [6.07, 6.45) is -1.09. The lowest BCUT2D eigenvalue weighted by molar-refractivity contribution is -0.126. The molecule has 2 saturated heterocycles. The minimum atomic E-state index is -1.09. The monoisotopic (exact) mass is 544 g/mol. The van der Waals surface area contributed by atoms with Gasteiger partial charge in [-0.15, -0.1) is 11.3 Å². The van der Waals surface area contributed by atoms with Crippen LogP contribution in [-0.2, 0) is 19.2 Å². The molecule has 0 N–H and O–H groups in total. The van der Waals surface area contributed by atoms with Crippen LogP contribution >= 0.6 is 34.5 Å². The number of hydrogen-bond donors (Lipinski definition) is 0. The van der Waals surface area contributed by atoms with Crippen molar-refractivity contribution >= 4 is 63.0 Å². The maximum absolute atomic E-state index is 14.0. The summed E-state index contributed by atoms with van der Waals surface area (Å²) in [6, 6.07) is 13.5. The number of aryl methyl sites for hydroxylation is 1. The summed E-state index contributed by atoms with van der Waals surface area (Å²) in [7, 11) is 0. The number of esters is 1. The number of nitrogens with zero attached hydrogens (tertiary/aromatic N) is 2. The predicted molar refractivity (Wildman–Crippen MR) is 139 cm³/mol. The number of ether oxygens (including phenoxy) is 1. The van der Waals surface area contributed by atoms with Gasteiger partial charge in [0, 0.05) is 14.9 Å². The van der Waals surface area contributed by atoms with Gasteiger partial charge < -0.3 is 4.74 Å². The summed E-state index contributed by atoms with van der Waals surface area (Å²) in [5, 5.41) is 2.62. The lowest BCUT2D eigenvalue weighted by atomic mass is 9.90. The Kier molecular flexibility index (Phi) is 6.55. The molecule has 2 aliphatic rings. The smallest absolute Gasteiger partial charge is 0.341 e. The summed E-state index contributed by atoms with van der Waals surface area (Å²) < 4.78 is 5.23. The minimum absolute atomic E-state index is 0.173. The van der Waals surface area contributed by atoms with Crippen molar-refractivity contribution in [2.75, 3.05) is 16.6 Å². The number of rotatable bonds is 5. The SMILES string of the molecule is CCOC(=O)c1c(N2C(=O)[C@@H]3[C@@H](c4ccc(Cl)cc4Cl)N(c4ccccc4)O[C@H]3C2=O)sc(C)c1C. The van der Waals surface area contributed by atoms with Gasteiger partial charge in [0.2, 0.25) is 5.91 Å². The number of carbonyl (C=O) groups excluding carboxylic acids is 3. The Morgan fingerprint density at radius 1 is 1.08 bits per heavy atom. The molecule has 186 valence electrons. The van der Waals surface area contributed by atoms with Crippen LogP contribution in [0, 0.1) is 19.8 Å². The Balaban J connectivity index is 1.62. The van der Waals surface area contributed by atoms with Crippen molar-refractivity contribution in [2.45, 2.75) is 32.9 Å². The first-order valence-electron chi connectivity index (χ1n) is 11.4. The van der Waals surface area contributed by atoms with E-state index in [2.05, 4.69) is 0 Å². The molecule has 7 nitrogen and oxygen atoms in total. The van der Waals surface area contributed by atoms with E-state index < -0.39 is 35.8 Å². The zero-order chi connectivity index (χ0) is 25.7. The van der Waals surface area contributed by atoms with Crippen LogP contribution in [0.4, 0.5) is 10.7 Å². The quantitative estimate of drug-likeness (QED) is 0.294. The molecule has 1 aromatic heterocycles. The van der Waals surface area contributed by atoms with Crippen LogP contribution in [0.25, 0.3) is 0 Å². The van der Waals surface area contributed by atoms with Crippen LogP contribution in [-0.4, -0.2) is 30.5 Å². The first-order valence-corrected chi connectivity index (χ1v) is 12.9. The van der Waals surface area contributed by atoms with Gasteiger partial charge in [0.1, 0.15) is 10.9 Å². The van der Waals surface area contributed by atoms with Gasteiger partial charge in [-0.1, -0.05) is 47.5 Å². The third kappa shape index (κ3) is 3.89. The fraction of sp³-hybridized carbons (Fsp3) is 0.269. The van der Waals surface area contributed by atoms with Crippen LogP contribution in [0.15, 0.2) is 48.5 Å². The molecule has 2 aromatic carbocycles. The maximum atomic E-state index is 14.0. The highest BCUT2D eigenvalue weighted by atomic mass is 35.5. The predicted octanol–water partition coefficient (Wildman–Crippen LogP) is 5.90. The van der Waals surface area contributed by atoms with Crippen molar-refractivity contribution in [1.29, 1.82) is 0 Å². The molecule has 2 amide bonds. The molecule has 3 heterocycles. The van der Waals surface area contributed by atoms with E-state index in [4.69, 9.17) is 32.8 Å². The van der Waals surface area contributed by atoms with Gasteiger partial charge >= 0.3 is 5.97 Å². The Hall–Kier alpha value is -2.91. The fourth-order valence-electron chi connectivity index (χ4n) is 4.68. The first kappa shape index (κ1) is 24.8. The van der Waals surface area contributed by atoms with E-state index in [0.29, 0.717) is 26.9 Å². The topological polar surface area (TPSA) is 76.2 Å². The Morgan fingerprint density at radius 2 is 1.81 bits per heavy atom. The normalized spacial score (nSPS) is 21.3. The van der Waals surface area contributed by atoms with Gasteiger partial charge in [-0.3, -0.25) is 14.4 Å². The molecule has 3 atom stereocenters. The van der Waals surface area contributed by atoms with E-state index in [-0.39, 0.29) is 17.2 Å². The maximum Gasteiger partial charge on any atom is 0.341 e. The molecule has 0 radical (unpaired) electrons. The zero-order valence-electron chi connectivity index (χ0n) is 19.7. The molecule has 2 aliphatic heterocycles. The highest BCUT2D eigenvalue weighted by Crippen LogP contribution is 2.50. The third-order valence-electron chi connectivity index (χ3n) is 6.46. The number of fused-ring (bicyclic) bond motifs is 1. The first-order chi connectivity index (χ1) is 17.2. The van der Waals surface area contributed by atoms with Crippen molar-refractivity contribution in [3.05, 3.63) is 80.1 Å². The Bertz CT molecular complexity index is 1380. The highest BCUT2D eigenvalue weighted by Gasteiger charge is 2.61. The number of amides is 2. The number of para-hydroxylation sites is 1. The van der Waals surface area contributed by atoms with Gasteiger partial charge in [0.25, 0.3) is 5.91 Å². The number of halogens is 2. The summed E-state index contributed by atoms with van der Waals surface area (Å²) in [5.74, 6) is -2.47. The lowest BCUT2D eigenvalue weighted by Crippen LogP contribution is -2.37. The Labute approximate surface area is 222 Å². The summed E-state index contributed by atoms with van der Waals surface area (Å²) in [4.78, 5) is 48.5. The van der Waals surface area contributed by atoms with Gasteiger partial charge in [-0.05, 0) is 56.2 Å². The molecule has 0 unspecified atom stereocenters. The number of thiophene rings is 1. The highest BCUT2D eigenvalue weighted by molar-refractivity contribution is 7.17. The van der Waals surface area contributed by atoms with Gasteiger partial charge in [0.15, 0.2) is 6.10 Å². The van der Waals surface area contributed by atoms with Crippen LogP contribution in [0.3, 0.4) is 0 Å². The van der Waals surface area contributed by atoms with E-state index in [1.54, 1.807) is 37.1 Å². The molecule has 36 heavy (non-hydrogen) atoms. The van der Waals surface area contributed by atoms with E-state index in [9.17, 15) is 14.4 Å². The van der Waals surface area contributed by atoms with Crippen molar-refractivity contribution in [3.63, 3.8) is 0 Å². The van der Waals surface area contributed by atoms with Crippen molar-refractivity contribution in [3.8, 4) is 0 Å². The second-order valence-electron chi connectivity index (χ2n) is 8.52. The number of carbonyl (C=O) groups is 3. The second-order valence-corrected chi connectivity index (χ2v) is 10.6. The summed E-state index contributed by atoms with van der Waals surface area (Å²) in [6.45, 7) is 5.49. The lowest BCUT2D eigenvalue weighted by Gasteiger charge is -2.29. The number of hydrogen-bond acceptors (Lipinski definition) is 7. The van der Waals surface area contributed by atoms with Crippen LogP contribution in [0.5, 0.6) is 0 Å². The number of benzene rings is 2. The van der Waals surface area contributed by atoms with E-state index in [1.807, 2.05) is 37.3 Å². The average molecular weight is 545 g/mol. The van der Waals surface area contributed by atoms with Crippen molar-refractivity contribution in [1.82, 2.24) is 0 Å². The number of anilines is 2. The molecule has 5 rings (SSSR count). The fourth-order valence-corrected chi connectivity index (χ4v) is 6.36. The molecule has 0 saturated carbocycles. The minimum Gasteiger partial charge on any atom is -0.462 e. The van der Waals surface area contributed by atoms with E-state index in [1.165, 1.54) is 11.3 Å². The molecular weight excluding hydrogens is 523 g/mol. The van der Waals surface area contributed by atoms with Crippen LogP contribution < -0.4 is 9.96 Å². The zero-order valence-corrected chi connectivity index (χ0v) is 22.0. The van der Waals surface area contributed by atoms with E-state index in [0.717, 1.165) is 9.78 Å². The Morgan fingerprint density at radius 3 is 2.47 bits per heavy atom. The van der Waals surface area contributed by atoms with Gasteiger partial charge in [0.05, 0.1) is 23.9 Å². The second kappa shape index (κ2) is 9.52. The standard InChI is InChI=1S/C26H22Cl2N2O5S/c1-4-34-26(33)19-13(2)14(3)36-25(19)29-23(31)20-21(17-11-10-15(27)12-18(17)28)30(35-22(20)24(29)32)16-8-6-5-7-9-16/h5-12,20-22H,4H2,1-3H3/t20-,21-,22-/m1/s1. The molecular formula is C26H22Cl2N2O5S. The average Bonchev–Trinajstić information content (AvgIpc) is 3.45. The number of hydroxylamine groups is 1. The summed E-state index contributed by atoms with van der Waals surface area (Å²) in [5.41, 5.74) is 2.17.